The number of nitrogens with zero attached hydrogens (tertiary/aromatic N) is 1. The first-order valence-electron chi connectivity index (χ1n) is 20.6. The molecule has 20 nitrogen and oxygen atoms in total. The van der Waals surface area contributed by atoms with Crippen molar-refractivity contribution in [3.05, 3.63) is 0 Å². The minimum absolute atomic E-state index is 0.0218. The Labute approximate surface area is 363 Å². The number of ether oxygens (including phenoxy) is 1. The fourth-order valence-electron chi connectivity index (χ4n) is 6.03. The maximum Gasteiger partial charge on any atom is 0.408 e. The largest absolute Gasteiger partial charge is 0.444 e. The lowest BCUT2D eigenvalue weighted by Crippen LogP contribution is -2.59. The first kappa shape index (κ1) is 54.1. The Morgan fingerprint density at radius 1 is 0.770 bits per heavy atom. The van der Waals surface area contributed by atoms with Gasteiger partial charge in [0, 0.05) is 29.9 Å². The Kier molecular flexibility index (Phi) is 22.2. The molecular formula is C40H69N9O11S. The molecule has 21 heteroatoms. The van der Waals surface area contributed by atoms with Crippen LogP contribution in [-0.4, -0.2) is 131 Å². The molecule has 61 heavy (non-hydrogen) atoms. The van der Waals surface area contributed by atoms with Gasteiger partial charge >= 0.3 is 6.09 Å². The number of carbonyl (C=O) groups excluding carboxylic acids is 10. The summed E-state index contributed by atoms with van der Waals surface area (Å²) in [6.07, 6.45) is 0.0150. The molecule has 0 aromatic carbocycles. The highest BCUT2D eigenvalue weighted by Crippen LogP contribution is 2.22. The van der Waals surface area contributed by atoms with E-state index in [1.54, 1.807) is 48.5 Å². The molecule has 1 heterocycles. The summed E-state index contributed by atoms with van der Waals surface area (Å²) in [5.74, 6) is -6.40. The van der Waals surface area contributed by atoms with Gasteiger partial charge in [0.05, 0.1) is 19.5 Å². The minimum atomic E-state index is -1.59. The minimum Gasteiger partial charge on any atom is -0.444 e. The van der Waals surface area contributed by atoms with Gasteiger partial charge in [-0.2, -0.15) is 11.8 Å². The van der Waals surface area contributed by atoms with Gasteiger partial charge < -0.3 is 53.0 Å². The zero-order valence-electron chi connectivity index (χ0n) is 37.3. The number of carbonyl (C=O) groups is 10. The zero-order chi connectivity index (χ0) is 46.8. The van der Waals surface area contributed by atoms with Crippen LogP contribution in [0.4, 0.5) is 4.79 Å². The van der Waals surface area contributed by atoms with Gasteiger partial charge in [-0.25, -0.2) is 4.79 Å². The summed E-state index contributed by atoms with van der Waals surface area (Å²) in [6, 6.07) is -6.06. The average molecular weight is 884 g/mol. The number of alkyl carbamates (subject to hydrolysis) is 1. The van der Waals surface area contributed by atoms with Crippen molar-refractivity contribution < 1.29 is 52.7 Å². The van der Waals surface area contributed by atoms with Gasteiger partial charge in [-0.05, 0) is 51.9 Å². The van der Waals surface area contributed by atoms with Crippen LogP contribution in [0.3, 0.4) is 0 Å². The number of thioether (sulfide) groups is 1. The molecule has 0 bridgehead atoms. The Hall–Kier alpha value is -4.95. The lowest BCUT2D eigenvalue weighted by Gasteiger charge is -2.30. The predicted molar refractivity (Wildman–Crippen MR) is 228 cm³/mol. The molecule has 0 aliphatic carbocycles. The van der Waals surface area contributed by atoms with Crippen LogP contribution in [-0.2, 0) is 47.9 Å². The van der Waals surface area contributed by atoms with Gasteiger partial charge in [-0.15, -0.1) is 0 Å². The fourth-order valence-corrected chi connectivity index (χ4v) is 6.99. The number of hydrogen-bond donors (Lipinski definition) is 8. The van der Waals surface area contributed by atoms with Crippen LogP contribution in [0.2, 0.25) is 0 Å². The molecule has 0 aromatic heterocycles. The van der Waals surface area contributed by atoms with E-state index in [9.17, 15) is 47.9 Å². The van der Waals surface area contributed by atoms with Gasteiger partial charge in [0.1, 0.15) is 41.6 Å². The molecule has 1 aliphatic heterocycles. The van der Waals surface area contributed by atoms with E-state index >= 15 is 0 Å². The second kappa shape index (κ2) is 25.1. The highest BCUT2D eigenvalue weighted by Gasteiger charge is 2.40. The van der Waals surface area contributed by atoms with Crippen LogP contribution in [0.5, 0.6) is 0 Å². The van der Waals surface area contributed by atoms with Crippen LogP contribution in [0.25, 0.3) is 0 Å². The molecule has 1 aliphatic rings. The van der Waals surface area contributed by atoms with Crippen molar-refractivity contribution in [1.82, 2.24) is 36.8 Å². The Balaban J connectivity index is 3.29. The number of likely N-dealkylation sites (tertiary alicyclic amines) is 1. The number of amides is 9. The predicted octanol–water partition coefficient (Wildman–Crippen LogP) is -0.251. The average Bonchev–Trinajstić information content (AvgIpc) is 3.64. The molecule has 0 unspecified atom stereocenters. The summed E-state index contributed by atoms with van der Waals surface area (Å²) in [5.41, 5.74) is 9.17. The van der Waals surface area contributed by atoms with Crippen molar-refractivity contribution >= 4 is 70.9 Å². The summed E-state index contributed by atoms with van der Waals surface area (Å²) >= 11 is 1.20. The molecule has 6 atom stereocenters. The molecule has 9 amide bonds. The van der Waals surface area contributed by atoms with E-state index in [1.165, 1.54) is 16.7 Å². The van der Waals surface area contributed by atoms with Crippen LogP contribution in [0, 0.1) is 17.3 Å². The first-order valence-corrected chi connectivity index (χ1v) is 21.7. The number of nitrogens with two attached hydrogens (primary N) is 2. The van der Waals surface area contributed by atoms with Crippen molar-refractivity contribution in [1.29, 1.82) is 0 Å². The molecule has 0 radical (unpaired) electrons. The fraction of sp³-hybridized carbons (Fsp3) is 0.750. The lowest BCUT2D eigenvalue weighted by atomic mass is 9.89. The van der Waals surface area contributed by atoms with Crippen molar-refractivity contribution in [3.63, 3.8) is 0 Å². The van der Waals surface area contributed by atoms with Crippen LogP contribution < -0.4 is 43.4 Å². The van der Waals surface area contributed by atoms with Crippen molar-refractivity contribution in [2.75, 3.05) is 31.1 Å². The number of ketones is 1. The smallest absolute Gasteiger partial charge is 0.408 e. The summed E-state index contributed by atoms with van der Waals surface area (Å²) in [5, 5.41) is 15.0. The monoisotopic (exact) mass is 883 g/mol. The molecule has 346 valence electrons. The van der Waals surface area contributed by atoms with Gasteiger partial charge in [-0.1, -0.05) is 54.9 Å². The molecule has 1 rings (SSSR count). The number of Topliss-reactive ketones (excluding diaryl/α,β-unsaturated/α-hetero) is 1. The highest BCUT2D eigenvalue weighted by molar-refractivity contribution is 7.99. The van der Waals surface area contributed by atoms with E-state index in [4.69, 9.17) is 16.2 Å². The van der Waals surface area contributed by atoms with Crippen molar-refractivity contribution in [3.8, 4) is 0 Å². The standard InChI is InChI=1S/C40H69N9O11S/c1-11-23(4)32(48-38(59)60-40(8,9)10)36(57)44-20-31(53)45-25(18-29(41)51)34(55)47-26(21-61-16-14-28(50)39(5,6)7)37(58)49-15-12-13-27(49)35(56)46-24(17-22(2)3)33(54)43-19-30(42)52/h22-27,32H,11-21H2,1-10H3,(H2,41,51)(H2,42,52)(H,43,54)(H,44,57)(H,45,53)(H,46,56)(H,47,55)(H,48,59)/t23-,24-,25+,26+,27-,32+/m0/s1. The normalized spacial score (nSPS) is 16.5. The Bertz CT molecular complexity index is 1600. The molecule has 1 saturated heterocycles. The Morgan fingerprint density at radius 3 is 1.93 bits per heavy atom. The maximum absolute atomic E-state index is 14.3. The SMILES string of the molecule is CC[C@H](C)[C@@H](NC(=O)OC(C)(C)C)C(=O)NCC(=O)N[C@H](CC(N)=O)C(=O)N[C@H](CSCCC(=O)C(C)(C)C)C(=O)N1CCC[C@H]1C(=O)N[C@@H](CC(C)C)C(=O)NCC(N)=O. The number of rotatable bonds is 24. The third-order valence-corrected chi connectivity index (χ3v) is 10.5. The number of hydrogen-bond acceptors (Lipinski definition) is 12. The van der Waals surface area contributed by atoms with E-state index in [1.807, 2.05) is 20.8 Å². The van der Waals surface area contributed by atoms with Crippen LogP contribution >= 0.6 is 11.8 Å². The van der Waals surface area contributed by atoms with Gasteiger partial charge in [0.25, 0.3) is 0 Å². The van der Waals surface area contributed by atoms with Crippen molar-refractivity contribution in [2.45, 2.75) is 144 Å². The third kappa shape index (κ3) is 20.4. The van der Waals surface area contributed by atoms with E-state index < -0.39 is 114 Å². The summed E-state index contributed by atoms with van der Waals surface area (Å²) in [6.45, 7) is 16.6. The highest BCUT2D eigenvalue weighted by atomic mass is 32.2. The topological polar surface area (TPSA) is 307 Å². The lowest BCUT2D eigenvalue weighted by molar-refractivity contribution is -0.142. The number of nitrogens with one attached hydrogen (secondary N) is 6. The summed E-state index contributed by atoms with van der Waals surface area (Å²) in [7, 11) is 0. The molecule has 10 N–H and O–H groups in total. The van der Waals surface area contributed by atoms with E-state index in [0.29, 0.717) is 18.6 Å². The first-order chi connectivity index (χ1) is 28.2. The van der Waals surface area contributed by atoms with Crippen LogP contribution in [0.15, 0.2) is 0 Å². The summed E-state index contributed by atoms with van der Waals surface area (Å²) in [4.78, 5) is 131. The van der Waals surface area contributed by atoms with E-state index in [2.05, 4.69) is 31.9 Å². The molecular weight excluding hydrogens is 815 g/mol. The second-order valence-electron chi connectivity index (χ2n) is 17.6. The molecule has 0 aromatic rings. The third-order valence-electron chi connectivity index (χ3n) is 9.47. The summed E-state index contributed by atoms with van der Waals surface area (Å²) < 4.78 is 5.27. The molecule has 0 spiro atoms. The molecule has 0 saturated carbocycles. The van der Waals surface area contributed by atoms with Gasteiger partial charge in [0.2, 0.25) is 47.3 Å². The second-order valence-corrected chi connectivity index (χ2v) is 18.8. The zero-order valence-corrected chi connectivity index (χ0v) is 38.1. The Morgan fingerprint density at radius 2 is 1.39 bits per heavy atom. The van der Waals surface area contributed by atoms with Gasteiger partial charge in [-0.3, -0.25) is 43.2 Å². The van der Waals surface area contributed by atoms with Crippen molar-refractivity contribution in [2.24, 2.45) is 28.7 Å². The van der Waals surface area contributed by atoms with E-state index in [-0.39, 0.29) is 49.2 Å². The van der Waals surface area contributed by atoms with E-state index in [0.717, 1.165) is 0 Å². The molecule has 1 fully saturated rings. The van der Waals surface area contributed by atoms with Gasteiger partial charge in [0.15, 0.2) is 0 Å². The maximum atomic E-state index is 14.3. The quantitative estimate of drug-likeness (QED) is 0.0583. The number of primary amides is 2. The van der Waals surface area contributed by atoms with Crippen LogP contribution in [0.1, 0.15) is 108 Å².